The molecule has 1 saturated heterocycles. The van der Waals surface area contributed by atoms with Crippen molar-refractivity contribution in [2.45, 2.75) is 50.3 Å². The average molecular weight is 316 g/mol. The van der Waals surface area contributed by atoms with Gasteiger partial charge < -0.3 is 5.73 Å². The van der Waals surface area contributed by atoms with Gasteiger partial charge in [-0.2, -0.15) is 4.31 Å². The lowest BCUT2D eigenvalue weighted by Crippen LogP contribution is -2.42. The minimum atomic E-state index is -3.32. The number of hydrogen-bond acceptors (Lipinski definition) is 4. The first-order valence-corrected chi connectivity index (χ1v) is 9.57. The maximum Gasteiger partial charge on any atom is 0.252 e. The van der Waals surface area contributed by atoms with Gasteiger partial charge in [-0.3, -0.25) is 0 Å². The molecular formula is C14H24N2O2S2. The van der Waals surface area contributed by atoms with E-state index in [-0.39, 0.29) is 0 Å². The Labute approximate surface area is 126 Å². The summed E-state index contributed by atoms with van der Waals surface area (Å²) in [6.07, 6.45) is 4.20. The van der Waals surface area contributed by atoms with Crippen LogP contribution in [-0.2, 0) is 16.6 Å². The fourth-order valence-corrected chi connectivity index (χ4v) is 5.70. The number of thiophene rings is 1. The van der Waals surface area contributed by atoms with E-state index in [0.717, 1.165) is 31.2 Å². The minimum Gasteiger partial charge on any atom is -0.326 e. The molecule has 114 valence electrons. The zero-order valence-electron chi connectivity index (χ0n) is 12.3. The molecule has 0 aliphatic carbocycles. The second kappa shape index (κ2) is 6.13. The SMILES string of the molecule is CCC1(CC)CCN(S(=O)(=O)c2cc(CN)cs2)CC1. The Kier molecular flexibility index (Phi) is 4.89. The highest BCUT2D eigenvalue weighted by molar-refractivity contribution is 7.91. The van der Waals surface area contributed by atoms with E-state index >= 15 is 0 Å². The van der Waals surface area contributed by atoms with Gasteiger partial charge in [0.2, 0.25) is 0 Å². The highest BCUT2D eigenvalue weighted by atomic mass is 32.2. The van der Waals surface area contributed by atoms with E-state index in [2.05, 4.69) is 13.8 Å². The van der Waals surface area contributed by atoms with Gasteiger partial charge in [0.15, 0.2) is 0 Å². The van der Waals surface area contributed by atoms with E-state index in [0.29, 0.717) is 29.3 Å². The van der Waals surface area contributed by atoms with Gasteiger partial charge in [-0.25, -0.2) is 8.42 Å². The monoisotopic (exact) mass is 316 g/mol. The summed E-state index contributed by atoms with van der Waals surface area (Å²) in [5.74, 6) is 0. The van der Waals surface area contributed by atoms with Crippen LogP contribution in [0, 0.1) is 5.41 Å². The van der Waals surface area contributed by atoms with Crippen LogP contribution in [-0.4, -0.2) is 25.8 Å². The van der Waals surface area contributed by atoms with E-state index in [4.69, 9.17) is 5.73 Å². The van der Waals surface area contributed by atoms with Crippen LogP contribution in [0.5, 0.6) is 0 Å². The van der Waals surface area contributed by atoms with Crippen LogP contribution in [0.2, 0.25) is 0 Å². The molecule has 1 aromatic rings. The summed E-state index contributed by atoms with van der Waals surface area (Å²) in [6.45, 7) is 6.08. The summed E-state index contributed by atoms with van der Waals surface area (Å²) < 4.78 is 27.3. The number of rotatable bonds is 5. The average Bonchev–Trinajstić information content (AvgIpc) is 2.97. The molecule has 4 nitrogen and oxygen atoms in total. The summed E-state index contributed by atoms with van der Waals surface area (Å²) in [5, 5.41) is 1.83. The molecule has 6 heteroatoms. The molecule has 20 heavy (non-hydrogen) atoms. The van der Waals surface area contributed by atoms with Gasteiger partial charge in [-0.1, -0.05) is 26.7 Å². The van der Waals surface area contributed by atoms with Crippen LogP contribution in [0.25, 0.3) is 0 Å². The zero-order valence-corrected chi connectivity index (χ0v) is 13.9. The lowest BCUT2D eigenvalue weighted by Gasteiger charge is -2.40. The van der Waals surface area contributed by atoms with Crippen LogP contribution in [0.4, 0.5) is 0 Å². The molecule has 1 fully saturated rings. The van der Waals surface area contributed by atoms with Crippen molar-refractivity contribution in [1.82, 2.24) is 4.31 Å². The standard InChI is InChI=1S/C14H24N2O2S2/c1-3-14(4-2)5-7-16(8-6-14)20(17,18)13-9-12(10-15)11-19-13/h9,11H,3-8,10,15H2,1-2H3. The Bertz CT molecular complexity index is 537. The predicted octanol–water partition coefficient (Wildman–Crippen LogP) is 2.80. The lowest BCUT2D eigenvalue weighted by molar-refractivity contribution is 0.142. The highest BCUT2D eigenvalue weighted by Gasteiger charge is 2.36. The van der Waals surface area contributed by atoms with Crippen LogP contribution >= 0.6 is 11.3 Å². The Hall–Kier alpha value is -0.430. The van der Waals surface area contributed by atoms with Crippen LogP contribution in [0.15, 0.2) is 15.7 Å². The smallest absolute Gasteiger partial charge is 0.252 e. The Morgan fingerprint density at radius 3 is 2.35 bits per heavy atom. The summed E-state index contributed by atoms with van der Waals surface area (Å²) in [4.78, 5) is 0. The van der Waals surface area contributed by atoms with E-state index < -0.39 is 10.0 Å². The van der Waals surface area contributed by atoms with E-state index in [9.17, 15) is 8.42 Å². The largest absolute Gasteiger partial charge is 0.326 e. The first-order valence-electron chi connectivity index (χ1n) is 7.25. The molecule has 1 aromatic heterocycles. The molecule has 0 unspecified atom stereocenters. The minimum absolute atomic E-state index is 0.337. The van der Waals surface area contributed by atoms with Gasteiger partial charge >= 0.3 is 0 Å². The van der Waals surface area contributed by atoms with Gasteiger partial charge in [-0.15, -0.1) is 11.3 Å². The van der Waals surface area contributed by atoms with Crippen molar-refractivity contribution >= 4 is 21.4 Å². The van der Waals surface area contributed by atoms with Crippen molar-refractivity contribution in [2.24, 2.45) is 11.1 Å². The second-order valence-electron chi connectivity index (χ2n) is 5.59. The van der Waals surface area contributed by atoms with Gasteiger partial charge in [-0.05, 0) is 35.3 Å². The molecule has 0 spiro atoms. The van der Waals surface area contributed by atoms with Gasteiger partial charge in [0.05, 0.1) is 0 Å². The highest BCUT2D eigenvalue weighted by Crippen LogP contribution is 2.39. The molecule has 0 saturated carbocycles. The van der Waals surface area contributed by atoms with Gasteiger partial charge in [0, 0.05) is 19.6 Å². The maximum absolute atomic E-state index is 12.6. The van der Waals surface area contributed by atoms with Crippen molar-refractivity contribution in [1.29, 1.82) is 0 Å². The number of nitrogens with zero attached hydrogens (tertiary/aromatic N) is 1. The van der Waals surface area contributed by atoms with E-state index in [1.54, 1.807) is 10.4 Å². The summed E-state index contributed by atoms with van der Waals surface area (Å²) in [7, 11) is -3.32. The lowest BCUT2D eigenvalue weighted by atomic mass is 9.75. The Balaban J connectivity index is 2.13. The van der Waals surface area contributed by atoms with E-state index in [1.807, 2.05) is 5.38 Å². The molecule has 0 radical (unpaired) electrons. The summed E-state index contributed by atoms with van der Waals surface area (Å²) in [5.41, 5.74) is 6.78. The molecular weight excluding hydrogens is 292 g/mol. The number of sulfonamides is 1. The fourth-order valence-electron chi connectivity index (χ4n) is 2.88. The third-order valence-corrected chi connectivity index (χ3v) is 8.11. The van der Waals surface area contributed by atoms with Crippen LogP contribution in [0.1, 0.15) is 45.1 Å². The molecule has 2 rings (SSSR count). The third kappa shape index (κ3) is 2.93. The molecule has 0 bridgehead atoms. The van der Waals surface area contributed by atoms with Crippen molar-refractivity contribution in [2.75, 3.05) is 13.1 Å². The quantitative estimate of drug-likeness (QED) is 0.908. The van der Waals surface area contributed by atoms with Gasteiger partial charge in [0.1, 0.15) is 4.21 Å². The Morgan fingerprint density at radius 2 is 1.90 bits per heavy atom. The van der Waals surface area contributed by atoms with E-state index in [1.165, 1.54) is 11.3 Å². The first-order chi connectivity index (χ1) is 9.47. The second-order valence-corrected chi connectivity index (χ2v) is 8.67. The number of hydrogen-bond donors (Lipinski definition) is 1. The fraction of sp³-hybridized carbons (Fsp3) is 0.714. The predicted molar refractivity (Wildman–Crippen MR) is 83.2 cm³/mol. The van der Waals surface area contributed by atoms with Crippen LogP contribution in [0.3, 0.4) is 0 Å². The summed E-state index contributed by atoms with van der Waals surface area (Å²) in [6, 6.07) is 1.71. The molecule has 0 aromatic carbocycles. The molecule has 2 heterocycles. The molecule has 1 aliphatic rings. The molecule has 2 N–H and O–H groups in total. The van der Waals surface area contributed by atoms with Crippen molar-refractivity contribution in [3.05, 3.63) is 17.0 Å². The van der Waals surface area contributed by atoms with Gasteiger partial charge in [0.25, 0.3) is 10.0 Å². The summed E-state index contributed by atoms with van der Waals surface area (Å²) >= 11 is 1.28. The number of nitrogens with two attached hydrogens (primary N) is 1. The third-order valence-electron chi connectivity index (χ3n) is 4.74. The van der Waals surface area contributed by atoms with Crippen molar-refractivity contribution in [3.63, 3.8) is 0 Å². The molecule has 0 amide bonds. The van der Waals surface area contributed by atoms with Crippen LogP contribution < -0.4 is 5.73 Å². The first kappa shape index (κ1) is 15.9. The van der Waals surface area contributed by atoms with Crippen molar-refractivity contribution < 1.29 is 8.42 Å². The van der Waals surface area contributed by atoms with Crippen molar-refractivity contribution in [3.8, 4) is 0 Å². The molecule has 0 atom stereocenters. The zero-order chi connectivity index (χ0) is 14.8. The number of piperidine rings is 1. The topological polar surface area (TPSA) is 63.4 Å². The maximum atomic E-state index is 12.6. The normalized spacial score (nSPS) is 20.1. The molecule has 1 aliphatic heterocycles. The Morgan fingerprint density at radius 1 is 1.30 bits per heavy atom.